The molecule has 1 nitrogen and oxygen atoms in total. The molecule has 0 aliphatic heterocycles. The minimum Gasteiger partial charge on any atom is -0.289 e. The maximum atomic E-state index is 11.5. The van der Waals surface area contributed by atoms with Gasteiger partial charge in [0.05, 0.1) is 6.16 Å². The van der Waals surface area contributed by atoms with Gasteiger partial charge in [-0.1, -0.05) is 42.5 Å². The van der Waals surface area contributed by atoms with E-state index in [0.29, 0.717) is 0 Å². The van der Waals surface area contributed by atoms with Crippen LogP contribution in [0, 0.1) is 0 Å². The van der Waals surface area contributed by atoms with Gasteiger partial charge in [-0.2, -0.15) is 0 Å². The molecule has 0 radical (unpaired) electrons. The van der Waals surface area contributed by atoms with Crippen LogP contribution in [0.25, 0.3) is 21.5 Å². The second-order valence-corrected chi connectivity index (χ2v) is 9.86. The van der Waals surface area contributed by atoms with Crippen molar-refractivity contribution >= 4 is 49.9 Å². The van der Waals surface area contributed by atoms with Gasteiger partial charge in [-0.3, -0.25) is 4.57 Å². The van der Waals surface area contributed by atoms with Crippen LogP contribution in [0.1, 0.15) is 5.56 Å². The van der Waals surface area contributed by atoms with Crippen molar-refractivity contribution < 1.29 is 4.57 Å². The van der Waals surface area contributed by atoms with Gasteiger partial charge in [0, 0.05) is 0 Å². The first-order chi connectivity index (χ1) is 9.01. The van der Waals surface area contributed by atoms with Crippen LogP contribution in [0.15, 0.2) is 54.6 Å². The molecule has 96 valence electrons. The third-order valence-corrected chi connectivity index (χ3v) is 4.59. The molecule has 0 saturated carbocycles. The summed E-state index contributed by atoms with van der Waals surface area (Å²) in [7, 11) is 0. The van der Waals surface area contributed by atoms with Crippen molar-refractivity contribution in [3.8, 4) is 0 Å². The first-order valence-electron chi connectivity index (χ1n) is 5.91. The minimum absolute atomic E-state index is 0.207. The van der Waals surface area contributed by atoms with Gasteiger partial charge in [0.2, 0.25) is 0 Å². The van der Waals surface area contributed by atoms with E-state index >= 15 is 0 Å². The topological polar surface area (TPSA) is 17.1 Å². The van der Waals surface area contributed by atoms with Crippen LogP contribution in [0.4, 0.5) is 0 Å². The van der Waals surface area contributed by atoms with Gasteiger partial charge in [-0.05, 0) is 61.7 Å². The van der Waals surface area contributed by atoms with Crippen molar-refractivity contribution in [2.45, 2.75) is 6.16 Å². The maximum absolute atomic E-state index is 11.5. The van der Waals surface area contributed by atoms with Crippen molar-refractivity contribution in [3.63, 3.8) is 0 Å². The Bertz CT molecular complexity index is 807. The van der Waals surface area contributed by atoms with Gasteiger partial charge in [0.1, 0.15) is 0 Å². The summed E-state index contributed by atoms with van der Waals surface area (Å²) in [5.41, 5.74) is 0.899. The van der Waals surface area contributed by atoms with Crippen molar-refractivity contribution in [2.75, 3.05) is 0 Å². The molecule has 0 amide bonds. The second-order valence-electron chi connectivity index (χ2n) is 4.61. The molecular weight excluding hydrogens is 298 g/mol. The fraction of sp³-hybridized carbons (Fsp3) is 0.0667. The Morgan fingerprint density at radius 3 is 2.00 bits per heavy atom. The summed E-state index contributed by atoms with van der Waals surface area (Å²) in [6.07, 6.45) is 0.207. The molecule has 3 rings (SSSR count). The molecule has 19 heavy (non-hydrogen) atoms. The highest BCUT2D eigenvalue weighted by Crippen LogP contribution is 2.59. The zero-order chi connectivity index (χ0) is 13.5. The lowest BCUT2D eigenvalue weighted by Gasteiger charge is -2.06. The van der Waals surface area contributed by atoms with Crippen LogP contribution in [0.3, 0.4) is 0 Å². The molecule has 0 fully saturated rings. The SMILES string of the molecule is O=P(Cl)(Cl)Cc1ccc2cc3ccccc3cc2c1. The highest BCUT2D eigenvalue weighted by atomic mass is 35.9. The van der Waals surface area contributed by atoms with E-state index in [4.69, 9.17) is 22.5 Å². The largest absolute Gasteiger partial charge is 0.289 e. The molecule has 0 spiro atoms. The highest BCUT2D eigenvalue weighted by Gasteiger charge is 2.14. The van der Waals surface area contributed by atoms with Gasteiger partial charge in [-0.15, -0.1) is 0 Å². The zero-order valence-electron chi connectivity index (χ0n) is 10.0. The van der Waals surface area contributed by atoms with Crippen LogP contribution in [-0.4, -0.2) is 0 Å². The lowest BCUT2D eigenvalue weighted by molar-refractivity contribution is 0.592. The summed E-state index contributed by atoms with van der Waals surface area (Å²) in [5.74, 6) is -3.07. The molecule has 4 heteroatoms. The van der Waals surface area contributed by atoms with Crippen LogP contribution in [0.5, 0.6) is 0 Å². The third kappa shape index (κ3) is 2.95. The normalized spacial score (nSPS) is 12.1. The fourth-order valence-corrected chi connectivity index (χ4v) is 3.75. The van der Waals surface area contributed by atoms with Gasteiger partial charge in [0.25, 0.3) is 5.85 Å². The molecule has 0 atom stereocenters. The first-order valence-corrected chi connectivity index (χ1v) is 9.61. The van der Waals surface area contributed by atoms with E-state index in [-0.39, 0.29) is 6.16 Å². The third-order valence-electron chi connectivity index (χ3n) is 3.14. The Kier molecular flexibility index (Phi) is 3.30. The van der Waals surface area contributed by atoms with E-state index in [1.54, 1.807) is 0 Å². The van der Waals surface area contributed by atoms with Gasteiger partial charge >= 0.3 is 0 Å². The van der Waals surface area contributed by atoms with Crippen molar-refractivity contribution in [2.24, 2.45) is 0 Å². The van der Waals surface area contributed by atoms with E-state index in [0.717, 1.165) is 16.3 Å². The maximum Gasteiger partial charge on any atom is 0.257 e. The summed E-state index contributed by atoms with van der Waals surface area (Å²) in [5, 5.41) is 4.66. The number of benzene rings is 3. The Labute approximate surface area is 121 Å². The number of fused-ring (bicyclic) bond motifs is 2. The molecule has 0 aliphatic rings. The molecule has 3 aromatic rings. The second kappa shape index (κ2) is 4.83. The molecule has 0 N–H and O–H groups in total. The number of hydrogen-bond acceptors (Lipinski definition) is 1. The number of rotatable bonds is 2. The van der Waals surface area contributed by atoms with Crippen LogP contribution < -0.4 is 0 Å². The molecule has 3 aromatic carbocycles. The molecular formula is C15H11Cl2OP. The number of hydrogen-bond donors (Lipinski definition) is 0. The number of halogens is 2. The predicted molar refractivity (Wildman–Crippen MR) is 84.5 cm³/mol. The Morgan fingerprint density at radius 1 is 0.789 bits per heavy atom. The Hall–Kier alpha value is -1.01. The lowest BCUT2D eigenvalue weighted by atomic mass is 10.0. The monoisotopic (exact) mass is 308 g/mol. The summed E-state index contributed by atoms with van der Waals surface area (Å²) in [6, 6.07) is 18.4. The van der Waals surface area contributed by atoms with Crippen molar-refractivity contribution in [3.05, 3.63) is 60.2 Å². The van der Waals surface area contributed by atoms with Crippen LogP contribution in [-0.2, 0) is 10.7 Å². The fourth-order valence-electron chi connectivity index (χ4n) is 2.30. The average Bonchev–Trinajstić information content (AvgIpc) is 2.34. The van der Waals surface area contributed by atoms with E-state index in [2.05, 4.69) is 24.3 Å². The van der Waals surface area contributed by atoms with E-state index in [1.165, 1.54) is 10.8 Å². The van der Waals surface area contributed by atoms with Crippen LogP contribution >= 0.6 is 28.3 Å². The van der Waals surface area contributed by atoms with Gasteiger partial charge < -0.3 is 0 Å². The quantitative estimate of drug-likeness (QED) is 0.409. The minimum atomic E-state index is -3.07. The van der Waals surface area contributed by atoms with E-state index in [9.17, 15) is 4.57 Å². The summed E-state index contributed by atoms with van der Waals surface area (Å²) in [6.45, 7) is 0. The summed E-state index contributed by atoms with van der Waals surface area (Å²) < 4.78 is 11.5. The van der Waals surface area contributed by atoms with Crippen LogP contribution in [0.2, 0.25) is 0 Å². The molecule has 0 saturated heterocycles. The van der Waals surface area contributed by atoms with E-state index in [1.807, 2.05) is 30.3 Å². The highest BCUT2D eigenvalue weighted by molar-refractivity contribution is 8.08. The summed E-state index contributed by atoms with van der Waals surface area (Å²) >= 11 is 11.3. The summed E-state index contributed by atoms with van der Waals surface area (Å²) in [4.78, 5) is 0. The smallest absolute Gasteiger partial charge is 0.257 e. The average molecular weight is 309 g/mol. The zero-order valence-corrected chi connectivity index (χ0v) is 12.4. The van der Waals surface area contributed by atoms with Crippen molar-refractivity contribution in [1.82, 2.24) is 0 Å². The Balaban J connectivity index is 2.17. The standard InChI is InChI=1S/C15H11Cl2OP/c16-19(17,18)10-11-5-6-14-8-12-3-1-2-4-13(12)9-15(14)7-11/h1-9H,10H2. The molecule has 0 heterocycles. The predicted octanol–water partition coefficient (Wildman–Crippen LogP) is 6.16. The molecule has 0 unspecified atom stereocenters. The Morgan fingerprint density at radius 2 is 1.37 bits per heavy atom. The van der Waals surface area contributed by atoms with Gasteiger partial charge in [0.15, 0.2) is 0 Å². The molecule has 0 aromatic heterocycles. The molecule has 0 bridgehead atoms. The lowest BCUT2D eigenvalue weighted by Crippen LogP contribution is -1.82. The van der Waals surface area contributed by atoms with Gasteiger partial charge in [-0.25, -0.2) is 0 Å². The van der Waals surface area contributed by atoms with Crippen molar-refractivity contribution in [1.29, 1.82) is 0 Å². The first kappa shape index (κ1) is 13.0. The molecule has 0 aliphatic carbocycles. The van der Waals surface area contributed by atoms with E-state index < -0.39 is 5.85 Å².